The van der Waals surface area contributed by atoms with Crippen LogP contribution in [0.15, 0.2) is 4.99 Å². The predicted molar refractivity (Wildman–Crippen MR) is 139 cm³/mol. The first kappa shape index (κ1) is 26.6. The number of piperazine rings is 1. The van der Waals surface area contributed by atoms with Crippen molar-refractivity contribution >= 4 is 35.8 Å². The molecule has 1 amide bonds. The van der Waals surface area contributed by atoms with E-state index in [0.717, 1.165) is 71.2 Å². The first-order valence-electron chi connectivity index (χ1n) is 12.3. The number of halogens is 1. The van der Waals surface area contributed by atoms with Crippen molar-refractivity contribution in [1.29, 1.82) is 0 Å². The molecule has 2 heterocycles. The summed E-state index contributed by atoms with van der Waals surface area (Å²) in [5.41, 5.74) is 0.103. The molecule has 180 valence electrons. The molecule has 0 aromatic heterocycles. The van der Waals surface area contributed by atoms with Crippen molar-refractivity contribution in [1.82, 2.24) is 25.3 Å². The molecule has 0 bridgehead atoms. The van der Waals surface area contributed by atoms with Crippen molar-refractivity contribution < 1.29 is 4.79 Å². The van der Waals surface area contributed by atoms with Crippen LogP contribution in [0.3, 0.4) is 0 Å². The molecule has 0 aromatic carbocycles. The summed E-state index contributed by atoms with van der Waals surface area (Å²) in [5, 5.41) is 6.90. The van der Waals surface area contributed by atoms with Crippen molar-refractivity contribution in [2.75, 3.05) is 65.4 Å². The maximum atomic E-state index is 12.4. The first-order valence-corrected chi connectivity index (χ1v) is 12.3. The topological polar surface area (TPSA) is 63.2 Å². The zero-order valence-corrected chi connectivity index (χ0v) is 22.3. The summed E-state index contributed by atoms with van der Waals surface area (Å²) in [6.07, 6.45) is 7.42. The Labute approximate surface area is 206 Å². The molecule has 0 unspecified atom stereocenters. The summed E-state index contributed by atoms with van der Waals surface area (Å²) in [6, 6.07) is 0. The van der Waals surface area contributed by atoms with Crippen LogP contribution < -0.4 is 10.6 Å². The molecule has 0 atom stereocenters. The summed E-state index contributed by atoms with van der Waals surface area (Å²) >= 11 is 0. The zero-order chi connectivity index (χ0) is 21.4. The zero-order valence-electron chi connectivity index (χ0n) is 20.0. The molecule has 2 aliphatic heterocycles. The molecule has 8 heteroatoms. The largest absolute Gasteiger partial charge is 0.357 e. The molecular formula is C23H45IN6O. The maximum absolute atomic E-state index is 12.4. The number of aliphatic imine (C=N–C) groups is 1. The third-order valence-electron chi connectivity index (χ3n) is 7.04. The monoisotopic (exact) mass is 548 g/mol. The highest BCUT2D eigenvalue weighted by molar-refractivity contribution is 14.0. The fourth-order valence-corrected chi connectivity index (χ4v) is 4.65. The van der Waals surface area contributed by atoms with Crippen molar-refractivity contribution in [3.8, 4) is 0 Å². The van der Waals surface area contributed by atoms with E-state index < -0.39 is 0 Å². The smallest absolute Gasteiger partial charge is 0.225 e. The second-order valence-electron chi connectivity index (χ2n) is 9.78. The minimum Gasteiger partial charge on any atom is -0.357 e. The Kier molecular flexibility index (Phi) is 11.3. The number of piperidine rings is 1. The van der Waals surface area contributed by atoms with E-state index >= 15 is 0 Å². The number of nitrogens with zero attached hydrogens (tertiary/aromatic N) is 4. The molecule has 0 aromatic rings. The number of rotatable bonds is 8. The summed E-state index contributed by atoms with van der Waals surface area (Å²) in [6.45, 7) is 16.4. The van der Waals surface area contributed by atoms with Crippen LogP contribution in [0, 0.1) is 5.92 Å². The first-order chi connectivity index (χ1) is 14.5. The van der Waals surface area contributed by atoms with E-state index in [0.29, 0.717) is 11.8 Å². The van der Waals surface area contributed by atoms with Gasteiger partial charge in [0, 0.05) is 57.3 Å². The molecule has 3 aliphatic rings. The minimum absolute atomic E-state index is 0. The average Bonchev–Trinajstić information content (AvgIpc) is 2.72. The Balaban J connectivity index is 0.00000341. The van der Waals surface area contributed by atoms with E-state index in [9.17, 15) is 4.79 Å². The molecule has 3 fully saturated rings. The highest BCUT2D eigenvalue weighted by Gasteiger charge is 2.31. The van der Waals surface area contributed by atoms with E-state index in [2.05, 4.69) is 46.1 Å². The van der Waals surface area contributed by atoms with Gasteiger partial charge in [0.15, 0.2) is 5.96 Å². The molecule has 31 heavy (non-hydrogen) atoms. The van der Waals surface area contributed by atoms with Crippen LogP contribution in [0.1, 0.15) is 59.3 Å². The number of carbonyl (C=O) groups is 1. The number of nitrogens with one attached hydrogen (secondary N) is 2. The molecule has 2 saturated heterocycles. The Morgan fingerprint density at radius 3 is 2.23 bits per heavy atom. The van der Waals surface area contributed by atoms with E-state index in [-0.39, 0.29) is 29.5 Å². The van der Waals surface area contributed by atoms with Crippen LogP contribution in [0.25, 0.3) is 0 Å². The molecule has 1 aliphatic carbocycles. The number of hydrogen-bond acceptors (Lipinski definition) is 4. The van der Waals surface area contributed by atoms with Gasteiger partial charge in [-0.15, -0.1) is 24.0 Å². The fourth-order valence-electron chi connectivity index (χ4n) is 4.65. The van der Waals surface area contributed by atoms with E-state index in [1.54, 1.807) is 0 Å². The molecule has 2 N–H and O–H groups in total. The van der Waals surface area contributed by atoms with Gasteiger partial charge in [0.25, 0.3) is 0 Å². The van der Waals surface area contributed by atoms with E-state index in [1.165, 1.54) is 38.8 Å². The van der Waals surface area contributed by atoms with Crippen molar-refractivity contribution in [2.45, 2.75) is 64.8 Å². The Hall–Kier alpha value is -0.610. The molecule has 7 nitrogen and oxygen atoms in total. The minimum atomic E-state index is 0. The van der Waals surface area contributed by atoms with Crippen LogP contribution in [0.2, 0.25) is 0 Å². The van der Waals surface area contributed by atoms with Gasteiger partial charge in [-0.3, -0.25) is 19.6 Å². The van der Waals surface area contributed by atoms with Crippen molar-refractivity contribution in [2.24, 2.45) is 10.9 Å². The maximum Gasteiger partial charge on any atom is 0.225 e. The summed E-state index contributed by atoms with van der Waals surface area (Å²) in [5.74, 6) is 1.64. The third-order valence-corrected chi connectivity index (χ3v) is 7.04. The number of hydrogen-bond donors (Lipinski definition) is 2. The van der Waals surface area contributed by atoms with Gasteiger partial charge in [-0.2, -0.15) is 0 Å². The van der Waals surface area contributed by atoms with Gasteiger partial charge >= 0.3 is 0 Å². The lowest BCUT2D eigenvalue weighted by Gasteiger charge is -2.40. The number of guanidine groups is 1. The Morgan fingerprint density at radius 1 is 0.968 bits per heavy atom. The third kappa shape index (κ3) is 8.03. The SMILES string of the molecule is CCNC(=NCC(C)(C)N1CCCCC1)NCCN1CCN(C(=O)C2CCC2)CC1.I. The Bertz CT molecular complexity index is 566. The van der Waals surface area contributed by atoms with E-state index in [1.807, 2.05) is 0 Å². The number of amides is 1. The lowest BCUT2D eigenvalue weighted by Crippen LogP contribution is -2.52. The van der Waals surface area contributed by atoms with Crippen LogP contribution in [-0.2, 0) is 4.79 Å². The number of carbonyl (C=O) groups excluding carboxylic acids is 1. The fraction of sp³-hybridized carbons (Fsp3) is 0.913. The van der Waals surface area contributed by atoms with Gasteiger partial charge in [0.2, 0.25) is 5.91 Å². The lowest BCUT2D eigenvalue weighted by molar-refractivity contribution is -0.139. The second kappa shape index (κ2) is 13.2. The summed E-state index contributed by atoms with van der Waals surface area (Å²) in [4.78, 5) is 24.4. The van der Waals surface area contributed by atoms with Gasteiger partial charge in [-0.25, -0.2) is 0 Å². The second-order valence-corrected chi connectivity index (χ2v) is 9.78. The van der Waals surface area contributed by atoms with Gasteiger partial charge in [0.05, 0.1) is 6.54 Å². The Morgan fingerprint density at radius 2 is 1.65 bits per heavy atom. The predicted octanol–water partition coefficient (Wildman–Crippen LogP) is 2.37. The quantitative estimate of drug-likeness (QED) is 0.277. The van der Waals surface area contributed by atoms with Gasteiger partial charge in [0.1, 0.15) is 0 Å². The lowest BCUT2D eigenvalue weighted by atomic mass is 9.84. The van der Waals surface area contributed by atoms with Crippen molar-refractivity contribution in [3.05, 3.63) is 0 Å². The van der Waals surface area contributed by atoms with Crippen LogP contribution in [-0.4, -0.2) is 97.6 Å². The van der Waals surface area contributed by atoms with Crippen LogP contribution in [0.4, 0.5) is 0 Å². The van der Waals surface area contributed by atoms with Crippen LogP contribution >= 0.6 is 24.0 Å². The van der Waals surface area contributed by atoms with Gasteiger partial charge in [-0.05, 0) is 59.5 Å². The normalized spacial score (nSPS) is 21.9. The highest BCUT2D eigenvalue weighted by atomic mass is 127. The molecule has 1 saturated carbocycles. The van der Waals surface area contributed by atoms with Gasteiger partial charge in [-0.1, -0.05) is 12.8 Å². The summed E-state index contributed by atoms with van der Waals surface area (Å²) in [7, 11) is 0. The van der Waals surface area contributed by atoms with Gasteiger partial charge < -0.3 is 15.5 Å². The number of likely N-dealkylation sites (tertiary alicyclic amines) is 1. The average molecular weight is 549 g/mol. The van der Waals surface area contributed by atoms with Crippen LogP contribution in [0.5, 0.6) is 0 Å². The summed E-state index contributed by atoms with van der Waals surface area (Å²) < 4.78 is 0. The molecular weight excluding hydrogens is 503 g/mol. The standard InChI is InChI=1S/C23H44N6O.HI/c1-4-24-22(26-19-23(2,3)29-12-6-5-7-13-29)25-11-14-27-15-17-28(18-16-27)21(30)20-9-8-10-20;/h20H,4-19H2,1-3H3,(H2,24,25,26);1H. The highest BCUT2D eigenvalue weighted by Crippen LogP contribution is 2.28. The van der Waals surface area contributed by atoms with Crippen molar-refractivity contribution in [3.63, 3.8) is 0 Å². The molecule has 0 radical (unpaired) electrons. The molecule has 0 spiro atoms. The van der Waals surface area contributed by atoms with E-state index in [4.69, 9.17) is 4.99 Å². The molecule has 3 rings (SSSR count).